The van der Waals surface area contributed by atoms with E-state index in [-0.39, 0.29) is 16.8 Å². The van der Waals surface area contributed by atoms with Crippen molar-refractivity contribution in [2.45, 2.75) is 40.4 Å². The standard InChI is InChI=1S/C34H31N2/c1-20-16-21(2)33(22(3)17-20)36-15-14-35(5)34(36)30-23(4)28-18-24-10-6-8-12-26(24)31(28)32-27-13-9-7-11-25(27)19-29(30)32/h6-17H,18-19H2,1-5H3/q+1/i2D3,3D3. The van der Waals surface area contributed by atoms with Crippen molar-refractivity contribution in [3.05, 3.63) is 118 Å². The highest BCUT2D eigenvalue weighted by atomic mass is 15.1. The van der Waals surface area contributed by atoms with Gasteiger partial charge >= 0.3 is 0 Å². The Labute approximate surface area is 221 Å². The van der Waals surface area contributed by atoms with Crippen LogP contribution in [0.3, 0.4) is 0 Å². The second-order valence-electron chi connectivity index (χ2n) is 10.2. The first-order chi connectivity index (χ1) is 19.9. The third-order valence-electron chi connectivity index (χ3n) is 8.01. The van der Waals surface area contributed by atoms with Gasteiger partial charge in [-0.1, -0.05) is 66.2 Å². The van der Waals surface area contributed by atoms with Crippen LogP contribution in [0.1, 0.15) is 52.7 Å². The van der Waals surface area contributed by atoms with Gasteiger partial charge in [0.15, 0.2) is 0 Å². The molecule has 0 unspecified atom stereocenters. The summed E-state index contributed by atoms with van der Waals surface area (Å²) >= 11 is 0. The van der Waals surface area contributed by atoms with Crippen molar-refractivity contribution < 1.29 is 12.8 Å². The van der Waals surface area contributed by atoms with Crippen LogP contribution in [0.4, 0.5) is 0 Å². The molecule has 0 atom stereocenters. The summed E-state index contributed by atoms with van der Waals surface area (Å²) in [5.41, 5.74) is 13.1. The first-order valence-corrected chi connectivity index (χ1v) is 12.4. The van der Waals surface area contributed by atoms with Crippen molar-refractivity contribution in [2.75, 3.05) is 0 Å². The number of imidazole rings is 1. The first kappa shape index (κ1) is 16.0. The number of aromatic nitrogens is 2. The monoisotopic (exact) mass is 473 g/mol. The molecule has 1 heterocycles. The normalized spacial score (nSPS) is 16.1. The highest BCUT2D eigenvalue weighted by Gasteiger charge is 2.36. The summed E-state index contributed by atoms with van der Waals surface area (Å²) in [6.45, 7) is -1.11. The van der Waals surface area contributed by atoms with Gasteiger partial charge < -0.3 is 0 Å². The fraction of sp³-hybridized carbons (Fsp3) is 0.206. The molecule has 0 aliphatic heterocycles. The topological polar surface area (TPSA) is 8.81 Å². The Balaban J connectivity index is 1.60. The Hall–Kier alpha value is -3.91. The van der Waals surface area contributed by atoms with Crippen LogP contribution in [0.2, 0.25) is 0 Å². The Kier molecular flexibility index (Phi) is 3.34. The molecule has 36 heavy (non-hydrogen) atoms. The van der Waals surface area contributed by atoms with Crippen molar-refractivity contribution in [3.8, 4) is 39.3 Å². The number of hydrogen-bond acceptors (Lipinski definition) is 0. The average Bonchev–Trinajstić information content (AvgIpc) is 3.61. The lowest BCUT2D eigenvalue weighted by Gasteiger charge is -2.19. The summed E-state index contributed by atoms with van der Waals surface area (Å²) in [5, 5.41) is 0. The molecule has 0 fully saturated rings. The van der Waals surface area contributed by atoms with Crippen molar-refractivity contribution in [1.82, 2.24) is 4.57 Å². The van der Waals surface area contributed by atoms with E-state index in [1.54, 1.807) is 25.3 Å². The molecule has 5 aromatic rings. The van der Waals surface area contributed by atoms with E-state index in [2.05, 4.69) is 55.5 Å². The van der Waals surface area contributed by atoms with Crippen LogP contribution in [0.15, 0.2) is 73.1 Å². The maximum atomic E-state index is 8.40. The SMILES string of the molecule is [2H]C([2H])([2H])c1cc(C)cc(C([2H])([2H])[2H])c1-n1cc[n+](C)c1-c1c(C)c2c(c3c1Cc1ccccc1-3)-c1ccccc1C2. The van der Waals surface area contributed by atoms with Crippen LogP contribution >= 0.6 is 0 Å². The molecule has 2 aliphatic rings. The summed E-state index contributed by atoms with van der Waals surface area (Å²) in [6, 6.07) is 20.3. The van der Waals surface area contributed by atoms with E-state index >= 15 is 0 Å². The average molecular weight is 474 g/mol. The maximum absolute atomic E-state index is 8.40. The van der Waals surface area contributed by atoms with E-state index in [4.69, 9.17) is 8.22 Å². The number of rotatable bonds is 2. The highest BCUT2D eigenvalue weighted by Crippen LogP contribution is 2.53. The van der Waals surface area contributed by atoms with Gasteiger partial charge in [0.2, 0.25) is 0 Å². The Morgan fingerprint density at radius 2 is 1.36 bits per heavy atom. The Morgan fingerprint density at radius 3 is 2.00 bits per heavy atom. The van der Waals surface area contributed by atoms with E-state index < -0.39 is 13.7 Å². The number of fused-ring (bicyclic) bond motifs is 7. The largest absolute Gasteiger partial charge is 0.294 e. The van der Waals surface area contributed by atoms with Gasteiger partial charge in [0.1, 0.15) is 18.1 Å². The zero-order valence-corrected chi connectivity index (χ0v) is 20.7. The minimum absolute atomic E-state index is 0.0391. The van der Waals surface area contributed by atoms with Gasteiger partial charge in [-0.25, -0.2) is 4.57 Å². The Morgan fingerprint density at radius 1 is 0.778 bits per heavy atom. The second-order valence-corrected chi connectivity index (χ2v) is 10.2. The van der Waals surface area contributed by atoms with Crippen LogP contribution in [-0.2, 0) is 19.9 Å². The summed E-state index contributed by atoms with van der Waals surface area (Å²) in [5.74, 6) is 0.773. The molecular weight excluding hydrogens is 436 g/mol. The highest BCUT2D eigenvalue weighted by molar-refractivity contribution is 6.00. The lowest BCUT2D eigenvalue weighted by Crippen LogP contribution is -2.30. The molecule has 1 aromatic heterocycles. The lowest BCUT2D eigenvalue weighted by molar-refractivity contribution is -0.659. The third-order valence-corrected chi connectivity index (χ3v) is 8.01. The number of hydrogen-bond donors (Lipinski definition) is 0. The second kappa shape index (κ2) is 7.54. The van der Waals surface area contributed by atoms with E-state index in [1.807, 2.05) is 22.4 Å². The first-order valence-electron chi connectivity index (χ1n) is 15.4. The molecule has 4 aromatic carbocycles. The summed E-state index contributed by atoms with van der Waals surface area (Å²) < 4.78 is 54.2. The Bertz CT molecular complexity index is 1910. The van der Waals surface area contributed by atoms with Crippen molar-refractivity contribution >= 4 is 0 Å². The molecule has 0 N–H and O–H groups in total. The molecule has 7 rings (SSSR count). The number of aryl methyl sites for hydroxylation is 4. The summed E-state index contributed by atoms with van der Waals surface area (Å²) in [6.07, 6.45) is 5.25. The zero-order chi connectivity index (χ0) is 29.7. The minimum Gasteiger partial charge on any atom is -0.232 e. The molecule has 0 spiro atoms. The minimum atomic E-state index is -2.51. The zero-order valence-electron chi connectivity index (χ0n) is 26.7. The molecule has 0 saturated heterocycles. The van der Waals surface area contributed by atoms with Gasteiger partial charge in [0.05, 0.1) is 12.6 Å². The molecule has 0 saturated carbocycles. The van der Waals surface area contributed by atoms with Gasteiger partial charge in [-0.3, -0.25) is 0 Å². The number of benzene rings is 4. The molecule has 2 aliphatic carbocycles. The number of nitrogens with zero attached hydrogens (tertiary/aromatic N) is 2. The predicted octanol–water partition coefficient (Wildman–Crippen LogP) is 7.34. The fourth-order valence-electron chi connectivity index (χ4n) is 6.50. The molecular formula is C34H31N2+. The van der Waals surface area contributed by atoms with Crippen LogP contribution < -0.4 is 4.57 Å². The quantitative estimate of drug-likeness (QED) is 0.232. The van der Waals surface area contributed by atoms with Gasteiger partial charge in [-0.05, 0) is 102 Å². The van der Waals surface area contributed by atoms with E-state index in [9.17, 15) is 0 Å². The van der Waals surface area contributed by atoms with E-state index in [0.29, 0.717) is 5.56 Å². The lowest BCUT2D eigenvalue weighted by atomic mass is 9.86. The van der Waals surface area contributed by atoms with Crippen molar-refractivity contribution in [1.29, 1.82) is 0 Å². The molecule has 0 amide bonds. The molecule has 2 nitrogen and oxygen atoms in total. The fourth-order valence-corrected chi connectivity index (χ4v) is 6.50. The van der Waals surface area contributed by atoms with Crippen LogP contribution in [0.5, 0.6) is 0 Å². The molecule has 0 bridgehead atoms. The molecule has 0 radical (unpaired) electrons. The third kappa shape index (κ3) is 2.82. The maximum Gasteiger partial charge on any atom is 0.294 e. The van der Waals surface area contributed by atoms with Gasteiger partial charge in [-0.2, -0.15) is 4.57 Å². The van der Waals surface area contributed by atoms with E-state index in [1.165, 1.54) is 44.5 Å². The van der Waals surface area contributed by atoms with Crippen molar-refractivity contribution in [3.63, 3.8) is 0 Å². The van der Waals surface area contributed by atoms with Crippen LogP contribution in [0.25, 0.3) is 39.3 Å². The summed E-state index contributed by atoms with van der Waals surface area (Å²) in [7, 11) is 1.94. The van der Waals surface area contributed by atoms with E-state index in [0.717, 1.165) is 29.8 Å². The van der Waals surface area contributed by atoms with Crippen molar-refractivity contribution in [2.24, 2.45) is 7.05 Å². The van der Waals surface area contributed by atoms with Crippen LogP contribution in [-0.4, -0.2) is 4.57 Å². The molecule has 2 heteroatoms. The molecule has 176 valence electrons. The van der Waals surface area contributed by atoms with Gasteiger partial charge in [-0.15, -0.1) is 0 Å². The van der Waals surface area contributed by atoms with Gasteiger partial charge in [0, 0.05) is 8.22 Å². The van der Waals surface area contributed by atoms with Crippen LogP contribution in [0, 0.1) is 27.6 Å². The smallest absolute Gasteiger partial charge is 0.232 e. The predicted molar refractivity (Wildman–Crippen MR) is 148 cm³/mol. The summed E-state index contributed by atoms with van der Waals surface area (Å²) in [4.78, 5) is 0. The van der Waals surface area contributed by atoms with Gasteiger partial charge in [0.25, 0.3) is 5.82 Å².